The van der Waals surface area contributed by atoms with Gasteiger partial charge >= 0.3 is 0 Å². The molecule has 0 aliphatic heterocycles. The van der Waals surface area contributed by atoms with Crippen molar-refractivity contribution >= 4 is 17.5 Å². The lowest BCUT2D eigenvalue weighted by atomic mass is 9.62. The van der Waals surface area contributed by atoms with E-state index in [0.29, 0.717) is 16.0 Å². The fourth-order valence-corrected chi connectivity index (χ4v) is 5.29. The van der Waals surface area contributed by atoms with Crippen molar-refractivity contribution in [3.8, 4) is 0 Å². The molecule has 0 aromatic heterocycles. The number of hydrogen-bond donors (Lipinski definition) is 3. The topological polar surface area (TPSA) is 61.4 Å². The Morgan fingerprint density at radius 1 is 1.18 bits per heavy atom. The highest BCUT2D eigenvalue weighted by atomic mass is 35.5. The number of hydrogen-bond acceptors (Lipinski definition) is 3. The summed E-state index contributed by atoms with van der Waals surface area (Å²) in [6.07, 6.45) is 11.8. The number of amides is 1. The van der Waals surface area contributed by atoms with Crippen molar-refractivity contribution in [3.05, 3.63) is 34.3 Å². The Kier molecular flexibility index (Phi) is 8.19. The van der Waals surface area contributed by atoms with Gasteiger partial charge in [0.2, 0.25) is 0 Å². The van der Waals surface area contributed by atoms with Gasteiger partial charge in [0.05, 0.1) is 10.6 Å². The summed E-state index contributed by atoms with van der Waals surface area (Å²) in [5.74, 6) is 0.840. The fourth-order valence-electron chi connectivity index (χ4n) is 5.08. The largest absolute Gasteiger partial charge is 0.396 e. The second-order valence-electron chi connectivity index (χ2n) is 8.78. The maximum atomic E-state index is 12.8. The van der Waals surface area contributed by atoms with E-state index in [-0.39, 0.29) is 12.5 Å². The quantitative estimate of drug-likeness (QED) is 0.506. The predicted octanol–water partition coefficient (Wildman–Crippen LogP) is 4.33. The predicted molar refractivity (Wildman–Crippen MR) is 115 cm³/mol. The van der Waals surface area contributed by atoms with Gasteiger partial charge in [0.1, 0.15) is 0 Å². The van der Waals surface area contributed by atoms with Crippen molar-refractivity contribution in [3.63, 3.8) is 0 Å². The van der Waals surface area contributed by atoms with Crippen LogP contribution in [0.3, 0.4) is 0 Å². The van der Waals surface area contributed by atoms with Gasteiger partial charge in [0, 0.05) is 13.2 Å². The fraction of sp³-hybridized carbons (Fsp3) is 0.696. The molecule has 0 radical (unpaired) electrons. The highest BCUT2D eigenvalue weighted by Gasteiger charge is 2.39. The Bertz CT molecular complexity index is 639. The summed E-state index contributed by atoms with van der Waals surface area (Å²) >= 11 is 6.34. The molecule has 1 aromatic carbocycles. The molecule has 4 nitrogen and oxygen atoms in total. The van der Waals surface area contributed by atoms with Gasteiger partial charge < -0.3 is 15.7 Å². The number of aliphatic hydroxyl groups is 1. The molecular weight excluding hydrogens is 372 g/mol. The molecule has 156 valence electrons. The van der Waals surface area contributed by atoms with Crippen molar-refractivity contribution in [2.45, 2.75) is 64.2 Å². The Morgan fingerprint density at radius 3 is 2.68 bits per heavy atom. The van der Waals surface area contributed by atoms with Gasteiger partial charge in [-0.1, -0.05) is 43.4 Å². The maximum absolute atomic E-state index is 12.8. The standard InChI is InChI=1S/C23H35ClN2O2/c24-21-9-8-18(7-3-12-25-13-4-14-27)15-20(21)22(28)26-17-23-10-1-5-19(16-23)6-2-11-23/h8-9,15,19,25,27H,1-7,10-14,16-17H2,(H,26,28). The van der Waals surface area contributed by atoms with Gasteiger partial charge in [-0.15, -0.1) is 0 Å². The van der Waals surface area contributed by atoms with E-state index < -0.39 is 0 Å². The third-order valence-corrected chi connectivity index (χ3v) is 6.92. The summed E-state index contributed by atoms with van der Waals surface area (Å²) in [6.45, 7) is 2.77. The van der Waals surface area contributed by atoms with Gasteiger partial charge in [-0.05, 0) is 80.6 Å². The molecule has 2 fully saturated rings. The van der Waals surface area contributed by atoms with Crippen LogP contribution in [-0.4, -0.2) is 37.3 Å². The molecule has 0 unspecified atom stereocenters. The first kappa shape index (κ1) is 21.6. The average Bonchev–Trinajstić information content (AvgIpc) is 2.70. The summed E-state index contributed by atoms with van der Waals surface area (Å²) in [7, 11) is 0. The summed E-state index contributed by atoms with van der Waals surface area (Å²) in [5, 5.41) is 15.9. The van der Waals surface area contributed by atoms with E-state index in [2.05, 4.69) is 10.6 Å². The number of aryl methyl sites for hydroxylation is 1. The molecule has 3 N–H and O–H groups in total. The molecule has 1 aromatic rings. The normalized spacial score (nSPS) is 24.1. The Hall–Kier alpha value is -1.10. The summed E-state index contributed by atoms with van der Waals surface area (Å²) in [6, 6.07) is 5.81. The second kappa shape index (κ2) is 10.6. The van der Waals surface area contributed by atoms with Crippen LogP contribution < -0.4 is 10.6 Å². The molecule has 5 heteroatoms. The van der Waals surface area contributed by atoms with Crippen molar-refractivity contribution in [1.82, 2.24) is 10.6 Å². The zero-order chi connectivity index (χ0) is 19.8. The number of aliphatic hydroxyl groups excluding tert-OH is 1. The monoisotopic (exact) mass is 406 g/mol. The van der Waals surface area contributed by atoms with E-state index in [0.717, 1.165) is 50.4 Å². The van der Waals surface area contributed by atoms with Crippen LogP contribution in [0.4, 0.5) is 0 Å². The highest BCUT2D eigenvalue weighted by molar-refractivity contribution is 6.33. The summed E-state index contributed by atoms with van der Waals surface area (Å²) in [5.41, 5.74) is 2.07. The molecule has 0 heterocycles. The molecule has 3 rings (SSSR count). The number of fused-ring (bicyclic) bond motifs is 2. The molecule has 1 amide bonds. The smallest absolute Gasteiger partial charge is 0.252 e. The zero-order valence-corrected chi connectivity index (χ0v) is 17.7. The number of halogens is 1. The summed E-state index contributed by atoms with van der Waals surface area (Å²) in [4.78, 5) is 12.8. The van der Waals surface area contributed by atoms with Crippen molar-refractivity contribution in [2.75, 3.05) is 26.2 Å². The first-order valence-electron chi connectivity index (χ1n) is 11.0. The Labute approximate surface area is 174 Å². The lowest BCUT2D eigenvalue weighted by molar-refractivity contribution is 0.0682. The van der Waals surface area contributed by atoms with E-state index >= 15 is 0 Å². The highest BCUT2D eigenvalue weighted by Crippen LogP contribution is 2.48. The molecule has 0 saturated heterocycles. The lowest BCUT2D eigenvalue weighted by Gasteiger charge is -2.45. The van der Waals surface area contributed by atoms with E-state index in [1.54, 1.807) is 0 Å². The number of benzene rings is 1. The van der Waals surface area contributed by atoms with Gasteiger partial charge in [-0.25, -0.2) is 0 Å². The van der Waals surface area contributed by atoms with Crippen LogP contribution >= 0.6 is 11.6 Å². The molecule has 2 bridgehead atoms. The van der Waals surface area contributed by atoms with Gasteiger partial charge in [0.25, 0.3) is 5.91 Å². The number of carbonyl (C=O) groups is 1. The molecule has 0 atom stereocenters. The van der Waals surface area contributed by atoms with Gasteiger partial charge in [0.15, 0.2) is 0 Å². The number of nitrogens with one attached hydrogen (secondary N) is 2. The van der Waals surface area contributed by atoms with Crippen LogP contribution in [-0.2, 0) is 6.42 Å². The van der Waals surface area contributed by atoms with Gasteiger partial charge in [-0.3, -0.25) is 4.79 Å². The van der Waals surface area contributed by atoms with Crippen molar-refractivity contribution in [2.24, 2.45) is 11.3 Å². The van der Waals surface area contributed by atoms with Crippen molar-refractivity contribution < 1.29 is 9.90 Å². The molecule has 2 aliphatic rings. The Morgan fingerprint density at radius 2 is 1.93 bits per heavy atom. The second-order valence-corrected chi connectivity index (χ2v) is 9.19. The third kappa shape index (κ3) is 5.95. The van der Waals surface area contributed by atoms with Crippen LogP contribution in [0.5, 0.6) is 0 Å². The molecule has 28 heavy (non-hydrogen) atoms. The minimum Gasteiger partial charge on any atom is -0.396 e. The first-order chi connectivity index (χ1) is 13.6. The minimum absolute atomic E-state index is 0.0324. The number of rotatable bonds is 10. The molecule has 2 saturated carbocycles. The van der Waals surface area contributed by atoms with Crippen LogP contribution in [0.1, 0.15) is 73.7 Å². The first-order valence-corrected chi connectivity index (χ1v) is 11.4. The van der Waals surface area contributed by atoms with Crippen LogP contribution in [0, 0.1) is 11.3 Å². The average molecular weight is 407 g/mol. The maximum Gasteiger partial charge on any atom is 0.252 e. The molecular formula is C23H35ClN2O2. The Balaban J connectivity index is 1.51. The minimum atomic E-state index is -0.0324. The molecule has 0 spiro atoms. The van der Waals surface area contributed by atoms with Crippen molar-refractivity contribution in [1.29, 1.82) is 0 Å². The van der Waals surface area contributed by atoms with Crippen LogP contribution in [0.15, 0.2) is 18.2 Å². The number of carbonyl (C=O) groups excluding carboxylic acids is 1. The molecule has 2 aliphatic carbocycles. The lowest BCUT2D eigenvalue weighted by Crippen LogP contribution is -2.43. The summed E-state index contributed by atoms with van der Waals surface area (Å²) < 4.78 is 0. The zero-order valence-electron chi connectivity index (χ0n) is 16.9. The van der Waals surface area contributed by atoms with Gasteiger partial charge in [-0.2, -0.15) is 0 Å². The van der Waals surface area contributed by atoms with E-state index in [1.165, 1.54) is 44.9 Å². The van der Waals surface area contributed by atoms with Crippen LogP contribution in [0.2, 0.25) is 5.02 Å². The van der Waals surface area contributed by atoms with Crippen LogP contribution in [0.25, 0.3) is 0 Å². The van der Waals surface area contributed by atoms with E-state index in [1.807, 2.05) is 18.2 Å². The third-order valence-electron chi connectivity index (χ3n) is 6.59. The van der Waals surface area contributed by atoms with E-state index in [9.17, 15) is 4.79 Å². The SMILES string of the molecule is O=C(NCC12CCCC(CCC1)C2)c1cc(CCCNCCCO)ccc1Cl. The van der Waals surface area contributed by atoms with E-state index in [4.69, 9.17) is 16.7 Å².